The summed E-state index contributed by atoms with van der Waals surface area (Å²) in [5, 5.41) is 7.71. The van der Waals surface area contributed by atoms with Crippen LogP contribution in [0.5, 0.6) is 0 Å². The van der Waals surface area contributed by atoms with Crippen LogP contribution in [0.1, 0.15) is 42.4 Å². The van der Waals surface area contributed by atoms with Gasteiger partial charge in [-0.1, -0.05) is 19.1 Å². The van der Waals surface area contributed by atoms with Gasteiger partial charge in [0.1, 0.15) is 9.84 Å². The number of aromatic nitrogens is 3. The molecule has 0 spiro atoms. The Labute approximate surface area is 112 Å². The topological polar surface area (TPSA) is 91.2 Å². The van der Waals surface area contributed by atoms with Crippen LogP contribution in [-0.4, -0.2) is 48.5 Å². The van der Waals surface area contributed by atoms with E-state index >= 15 is 0 Å². The van der Waals surface area contributed by atoms with E-state index in [2.05, 4.69) is 15.0 Å². The molecule has 19 heavy (non-hydrogen) atoms. The molecule has 1 aromatic rings. The Morgan fingerprint density at radius 1 is 1.42 bits per heavy atom. The van der Waals surface area contributed by atoms with Crippen LogP contribution in [0, 0.1) is 0 Å². The number of hydrogen-bond acceptors (Lipinski definition) is 6. The molecular weight excluding hydrogens is 270 g/mol. The molecule has 1 rings (SSSR count). The van der Waals surface area contributed by atoms with Crippen LogP contribution in [0.15, 0.2) is 0 Å². The SMILES string of the molecule is COC(=O)c1nnn(CCCS(C)(=O)=O)c1C(C)C. The maximum absolute atomic E-state index is 11.6. The molecule has 0 aliphatic heterocycles. The van der Waals surface area contributed by atoms with Gasteiger partial charge in [-0.3, -0.25) is 0 Å². The molecule has 0 radical (unpaired) electrons. The lowest BCUT2D eigenvalue weighted by Crippen LogP contribution is -2.13. The highest BCUT2D eigenvalue weighted by Gasteiger charge is 2.22. The summed E-state index contributed by atoms with van der Waals surface area (Å²) in [4.78, 5) is 11.6. The fourth-order valence-electron chi connectivity index (χ4n) is 1.78. The Kier molecular flexibility index (Phi) is 5.04. The van der Waals surface area contributed by atoms with Crippen molar-refractivity contribution in [3.8, 4) is 0 Å². The van der Waals surface area contributed by atoms with Crippen LogP contribution in [-0.2, 0) is 21.1 Å². The van der Waals surface area contributed by atoms with Crippen LogP contribution >= 0.6 is 0 Å². The van der Waals surface area contributed by atoms with E-state index in [0.717, 1.165) is 0 Å². The lowest BCUT2D eigenvalue weighted by molar-refractivity contribution is 0.0592. The quantitative estimate of drug-likeness (QED) is 0.713. The first-order valence-electron chi connectivity index (χ1n) is 5.95. The van der Waals surface area contributed by atoms with Gasteiger partial charge in [-0.25, -0.2) is 17.9 Å². The highest BCUT2D eigenvalue weighted by molar-refractivity contribution is 7.90. The highest BCUT2D eigenvalue weighted by atomic mass is 32.2. The number of carbonyl (C=O) groups is 1. The van der Waals surface area contributed by atoms with E-state index in [1.54, 1.807) is 4.68 Å². The number of aryl methyl sites for hydroxylation is 1. The molecule has 0 unspecified atom stereocenters. The first kappa shape index (κ1) is 15.6. The molecule has 0 atom stereocenters. The zero-order chi connectivity index (χ0) is 14.6. The smallest absolute Gasteiger partial charge is 0.360 e. The van der Waals surface area contributed by atoms with Crippen molar-refractivity contribution in [3.05, 3.63) is 11.4 Å². The largest absolute Gasteiger partial charge is 0.464 e. The average Bonchev–Trinajstić information content (AvgIpc) is 2.70. The molecule has 0 saturated heterocycles. The third-order valence-corrected chi connectivity index (χ3v) is 3.61. The van der Waals surface area contributed by atoms with Gasteiger partial charge in [0.2, 0.25) is 0 Å². The number of hydrogen-bond donors (Lipinski definition) is 0. The molecule has 0 aliphatic rings. The van der Waals surface area contributed by atoms with Gasteiger partial charge >= 0.3 is 5.97 Å². The fraction of sp³-hybridized carbons (Fsp3) is 0.727. The number of methoxy groups -OCH3 is 1. The number of ether oxygens (including phenoxy) is 1. The third-order valence-electron chi connectivity index (χ3n) is 2.58. The summed E-state index contributed by atoms with van der Waals surface area (Å²) in [7, 11) is -1.71. The maximum Gasteiger partial charge on any atom is 0.360 e. The summed E-state index contributed by atoms with van der Waals surface area (Å²) in [6, 6.07) is 0. The molecular formula is C11H19N3O4S. The number of sulfone groups is 1. The van der Waals surface area contributed by atoms with Crippen LogP contribution in [0.3, 0.4) is 0 Å². The van der Waals surface area contributed by atoms with Crippen molar-refractivity contribution >= 4 is 15.8 Å². The van der Waals surface area contributed by atoms with Crippen molar-refractivity contribution in [1.29, 1.82) is 0 Å². The van der Waals surface area contributed by atoms with E-state index in [4.69, 9.17) is 0 Å². The van der Waals surface area contributed by atoms with Crippen molar-refractivity contribution in [2.24, 2.45) is 0 Å². The fourth-order valence-corrected chi connectivity index (χ4v) is 2.43. The first-order valence-corrected chi connectivity index (χ1v) is 8.01. The van der Waals surface area contributed by atoms with Gasteiger partial charge in [-0.15, -0.1) is 5.10 Å². The second-order valence-electron chi connectivity index (χ2n) is 4.68. The molecule has 0 fully saturated rings. The summed E-state index contributed by atoms with van der Waals surface area (Å²) in [6.45, 7) is 4.24. The van der Waals surface area contributed by atoms with Crippen LogP contribution in [0.4, 0.5) is 0 Å². The summed E-state index contributed by atoms with van der Waals surface area (Å²) in [5.74, 6) is -0.404. The monoisotopic (exact) mass is 289 g/mol. The normalized spacial score (nSPS) is 11.8. The molecule has 108 valence electrons. The summed E-state index contributed by atoms with van der Waals surface area (Å²) in [5.41, 5.74) is 0.859. The van der Waals surface area contributed by atoms with Crippen molar-refractivity contribution in [1.82, 2.24) is 15.0 Å². The molecule has 8 heteroatoms. The van der Waals surface area contributed by atoms with E-state index in [9.17, 15) is 13.2 Å². The Balaban J connectivity index is 2.90. The minimum atomic E-state index is -2.99. The first-order chi connectivity index (χ1) is 8.76. The second-order valence-corrected chi connectivity index (χ2v) is 6.94. The molecule has 1 aromatic heterocycles. The Hall–Kier alpha value is -1.44. The van der Waals surface area contributed by atoms with Crippen molar-refractivity contribution < 1.29 is 17.9 Å². The average molecular weight is 289 g/mol. The minimum Gasteiger partial charge on any atom is -0.464 e. The van der Waals surface area contributed by atoms with Gasteiger partial charge in [0.15, 0.2) is 5.69 Å². The summed E-state index contributed by atoms with van der Waals surface area (Å²) >= 11 is 0. The van der Waals surface area contributed by atoms with Crippen molar-refractivity contribution in [2.75, 3.05) is 19.1 Å². The van der Waals surface area contributed by atoms with E-state index in [1.165, 1.54) is 13.4 Å². The maximum atomic E-state index is 11.6. The molecule has 0 bridgehead atoms. The molecule has 1 heterocycles. The van der Waals surface area contributed by atoms with E-state index in [-0.39, 0.29) is 17.4 Å². The molecule has 0 aromatic carbocycles. The molecule has 7 nitrogen and oxygen atoms in total. The number of nitrogens with zero attached hydrogens (tertiary/aromatic N) is 3. The van der Waals surface area contributed by atoms with Gasteiger partial charge in [0, 0.05) is 12.8 Å². The molecule has 0 amide bonds. The van der Waals surface area contributed by atoms with Crippen LogP contribution < -0.4 is 0 Å². The van der Waals surface area contributed by atoms with Gasteiger partial charge in [-0.05, 0) is 12.3 Å². The van der Waals surface area contributed by atoms with E-state index in [0.29, 0.717) is 18.7 Å². The molecule has 0 N–H and O–H groups in total. The molecule has 0 saturated carbocycles. The number of rotatable bonds is 6. The van der Waals surface area contributed by atoms with Crippen molar-refractivity contribution in [2.45, 2.75) is 32.7 Å². The number of carbonyl (C=O) groups excluding carboxylic acids is 1. The lowest BCUT2D eigenvalue weighted by Gasteiger charge is -2.10. The van der Waals surface area contributed by atoms with Gasteiger partial charge in [0.25, 0.3) is 0 Å². The number of esters is 1. The van der Waals surface area contributed by atoms with Crippen molar-refractivity contribution in [3.63, 3.8) is 0 Å². The predicted molar refractivity (Wildman–Crippen MR) is 69.8 cm³/mol. The Bertz CT molecular complexity index is 548. The summed E-state index contributed by atoms with van der Waals surface area (Å²) < 4.78 is 28.4. The van der Waals surface area contributed by atoms with Gasteiger partial charge < -0.3 is 4.74 Å². The van der Waals surface area contributed by atoms with E-state index < -0.39 is 15.8 Å². The summed E-state index contributed by atoms with van der Waals surface area (Å²) in [6.07, 6.45) is 1.63. The van der Waals surface area contributed by atoms with Crippen LogP contribution in [0.25, 0.3) is 0 Å². The lowest BCUT2D eigenvalue weighted by atomic mass is 10.1. The molecule has 0 aliphatic carbocycles. The zero-order valence-electron chi connectivity index (χ0n) is 11.6. The Morgan fingerprint density at radius 3 is 2.53 bits per heavy atom. The van der Waals surface area contributed by atoms with Gasteiger partial charge in [-0.2, -0.15) is 0 Å². The minimum absolute atomic E-state index is 0.0438. The Morgan fingerprint density at radius 2 is 2.05 bits per heavy atom. The second kappa shape index (κ2) is 6.14. The van der Waals surface area contributed by atoms with Crippen LogP contribution in [0.2, 0.25) is 0 Å². The standard InChI is InChI=1S/C11H19N3O4S/c1-8(2)10-9(11(15)18-3)12-13-14(10)6-5-7-19(4,16)17/h8H,5-7H2,1-4H3. The van der Waals surface area contributed by atoms with Gasteiger partial charge in [0.05, 0.1) is 18.6 Å². The highest BCUT2D eigenvalue weighted by Crippen LogP contribution is 2.18. The zero-order valence-corrected chi connectivity index (χ0v) is 12.4. The predicted octanol–water partition coefficient (Wildman–Crippen LogP) is 0.623. The third kappa shape index (κ3) is 4.30. The van der Waals surface area contributed by atoms with E-state index in [1.807, 2.05) is 13.8 Å².